The summed E-state index contributed by atoms with van der Waals surface area (Å²) in [6.07, 6.45) is 2.19. The van der Waals surface area contributed by atoms with Crippen LogP contribution in [-0.4, -0.2) is 24.8 Å². The Labute approximate surface area is 173 Å². The van der Waals surface area contributed by atoms with Crippen LogP contribution in [0.3, 0.4) is 0 Å². The van der Waals surface area contributed by atoms with Crippen LogP contribution in [0.2, 0.25) is 0 Å². The van der Waals surface area contributed by atoms with Crippen LogP contribution in [-0.2, 0) is 9.57 Å². The van der Waals surface area contributed by atoms with Crippen molar-refractivity contribution < 1.29 is 28.0 Å². The Morgan fingerprint density at radius 1 is 1.20 bits per heavy atom. The van der Waals surface area contributed by atoms with E-state index in [9.17, 15) is 9.18 Å². The number of benzene rings is 2. The molecule has 1 N–H and O–H groups in total. The number of ether oxygens (including phenoxy) is 2. The van der Waals surface area contributed by atoms with E-state index in [0.29, 0.717) is 40.6 Å². The molecule has 0 saturated carbocycles. The highest BCUT2D eigenvalue weighted by Gasteiger charge is 2.13. The van der Waals surface area contributed by atoms with Crippen LogP contribution in [0.5, 0.6) is 5.75 Å². The number of carbonyl (C=O) groups is 1. The zero-order valence-electron chi connectivity index (χ0n) is 16.6. The van der Waals surface area contributed by atoms with Crippen molar-refractivity contribution in [3.05, 3.63) is 78.0 Å². The zero-order valence-corrected chi connectivity index (χ0v) is 16.6. The number of halogens is 1. The smallest absolute Gasteiger partial charge is 0.337 e. The number of carbonyl (C=O) groups excluding carboxylic acids is 1. The Balaban J connectivity index is 1.82. The van der Waals surface area contributed by atoms with Gasteiger partial charge in [-0.1, -0.05) is 18.1 Å². The topological polar surface area (TPSA) is 82.8 Å². The van der Waals surface area contributed by atoms with Crippen LogP contribution in [0.25, 0.3) is 17.0 Å². The first-order valence-electron chi connectivity index (χ1n) is 9.26. The van der Waals surface area contributed by atoms with Crippen molar-refractivity contribution in [3.8, 4) is 17.0 Å². The maximum Gasteiger partial charge on any atom is 0.337 e. The molecule has 0 bridgehead atoms. The molecule has 0 radical (unpaired) electrons. The highest BCUT2D eigenvalue weighted by molar-refractivity contribution is 5.89. The van der Waals surface area contributed by atoms with Crippen molar-refractivity contribution in [2.75, 3.05) is 13.7 Å². The van der Waals surface area contributed by atoms with Gasteiger partial charge in [0.1, 0.15) is 29.2 Å². The van der Waals surface area contributed by atoms with Crippen LogP contribution >= 0.6 is 0 Å². The number of esters is 1. The third-order valence-electron chi connectivity index (χ3n) is 3.97. The molecule has 0 atom stereocenters. The lowest BCUT2D eigenvalue weighted by Gasteiger charge is -2.09. The van der Waals surface area contributed by atoms with Crippen molar-refractivity contribution >= 4 is 11.7 Å². The lowest BCUT2D eigenvalue weighted by molar-refractivity contribution is 0.0600. The number of nitrogens with zero attached hydrogens (tertiary/aromatic N) is 1. The summed E-state index contributed by atoms with van der Waals surface area (Å²) in [6, 6.07) is 14.1. The zero-order chi connectivity index (χ0) is 21.3. The molecule has 0 aliphatic rings. The van der Waals surface area contributed by atoms with E-state index in [1.54, 1.807) is 42.5 Å². The fourth-order valence-corrected chi connectivity index (χ4v) is 2.46. The van der Waals surface area contributed by atoms with Gasteiger partial charge in [-0.15, -0.1) is 0 Å². The average molecular weight is 412 g/mol. The second-order valence-electron chi connectivity index (χ2n) is 6.20. The average Bonchev–Trinajstić information content (AvgIpc) is 3.26. The van der Waals surface area contributed by atoms with Gasteiger partial charge in [0.2, 0.25) is 0 Å². The molecule has 3 aromatic rings. The van der Waals surface area contributed by atoms with E-state index in [4.69, 9.17) is 18.8 Å². The van der Waals surface area contributed by atoms with Crippen LogP contribution in [0.1, 0.15) is 29.5 Å². The molecule has 2 aromatic carbocycles. The van der Waals surface area contributed by atoms with Gasteiger partial charge in [0.05, 0.1) is 19.3 Å². The molecular weight excluding hydrogens is 391 g/mol. The summed E-state index contributed by atoms with van der Waals surface area (Å²) >= 11 is 0. The molecule has 156 valence electrons. The van der Waals surface area contributed by atoms with Gasteiger partial charge in [-0.3, -0.25) is 10.3 Å². The fraction of sp³-hybridized carbons (Fsp3) is 0.182. The quantitative estimate of drug-likeness (QED) is 0.238. The van der Waals surface area contributed by atoms with Crippen LogP contribution in [0.4, 0.5) is 4.39 Å². The molecule has 3 rings (SSSR count). The number of hydrogen-bond acceptors (Lipinski definition) is 7. The van der Waals surface area contributed by atoms with Crippen molar-refractivity contribution in [1.82, 2.24) is 10.6 Å². The third kappa shape index (κ3) is 5.45. The van der Waals surface area contributed by atoms with Crippen molar-refractivity contribution in [2.45, 2.75) is 13.3 Å². The highest BCUT2D eigenvalue weighted by Crippen LogP contribution is 2.23. The predicted molar refractivity (Wildman–Crippen MR) is 108 cm³/mol. The van der Waals surface area contributed by atoms with Gasteiger partial charge in [0.25, 0.3) is 0 Å². The highest BCUT2D eigenvalue weighted by atomic mass is 19.1. The van der Waals surface area contributed by atoms with Crippen LogP contribution < -0.4 is 10.2 Å². The Bertz CT molecular complexity index is 1010. The second-order valence-corrected chi connectivity index (χ2v) is 6.20. The van der Waals surface area contributed by atoms with E-state index in [1.807, 2.05) is 6.92 Å². The standard InChI is InChI=1S/C22H21FN2O5/c1-3-11-29-24-20(14-28-18-6-4-5-16(12-18)22(26)27-2)21-13-19(25-30-21)15-7-9-17(23)10-8-15/h4-10,12-14,24H,3,11H2,1-2H3. The summed E-state index contributed by atoms with van der Waals surface area (Å²) < 4.78 is 28.9. The van der Waals surface area contributed by atoms with E-state index >= 15 is 0 Å². The lowest BCUT2D eigenvalue weighted by atomic mass is 10.1. The van der Waals surface area contributed by atoms with Gasteiger partial charge < -0.3 is 14.0 Å². The molecule has 30 heavy (non-hydrogen) atoms. The maximum absolute atomic E-state index is 13.1. The van der Waals surface area contributed by atoms with Gasteiger partial charge in [-0.25, -0.2) is 9.18 Å². The molecule has 1 heterocycles. The molecule has 1 aromatic heterocycles. The summed E-state index contributed by atoms with van der Waals surface area (Å²) in [5, 5.41) is 4.02. The summed E-state index contributed by atoms with van der Waals surface area (Å²) in [6.45, 7) is 2.44. The SMILES string of the molecule is CCCONC(=COc1cccc(C(=O)OC)c1)c1cc(-c2ccc(F)cc2)no1. The Morgan fingerprint density at radius 2 is 2.00 bits per heavy atom. The maximum atomic E-state index is 13.1. The molecule has 0 saturated heterocycles. The first kappa shape index (κ1) is 21.1. The number of hydroxylamine groups is 1. The van der Waals surface area contributed by atoms with E-state index in [0.717, 1.165) is 6.42 Å². The molecule has 7 nitrogen and oxygen atoms in total. The normalized spacial score (nSPS) is 11.2. The number of nitrogens with one attached hydrogen (secondary N) is 1. The van der Waals surface area contributed by atoms with Gasteiger partial charge in [-0.05, 0) is 48.9 Å². The molecule has 0 amide bonds. The lowest BCUT2D eigenvalue weighted by Crippen LogP contribution is -2.14. The minimum atomic E-state index is -0.465. The molecule has 0 aliphatic carbocycles. The summed E-state index contributed by atoms with van der Waals surface area (Å²) in [5.74, 6) is -0.0194. The predicted octanol–water partition coefficient (Wildman–Crippen LogP) is 4.58. The van der Waals surface area contributed by atoms with Crippen LogP contribution in [0.15, 0.2) is 65.4 Å². The number of methoxy groups -OCH3 is 1. The van der Waals surface area contributed by atoms with Crippen molar-refractivity contribution in [1.29, 1.82) is 0 Å². The van der Waals surface area contributed by atoms with Crippen LogP contribution in [0, 0.1) is 5.82 Å². The summed E-state index contributed by atoms with van der Waals surface area (Å²) in [5.41, 5.74) is 4.75. The number of hydrogen-bond donors (Lipinski definition) is 1. The van der Waals surface area contributed by atoms with Gasteiger partial charge >= 0.3 is 5.97 Å². The van der Waals surface area contributed by atoms with E-state index in [1.165, 1.54) is 25.5 Å². The minimum absolute atomic E-state index is 0.333. The second kappa shape index (κ2) is 10.2. The molecule has 0 fully saturated rings. The molecule has 0 aliphatic heterocycles. The Morgan fingerprint density at radius 3 is 2.73 bits per heavy atom. The minimum Gasteiger partial charge on any atom is -0.465 e. The van der Waals surface area contributed by atoms with Gasteiger partial charge in [0.15, 0.2) is 5.76 Å². The summed E-state index contributed by atoms with van der Waals surface area (Å²) in [4.78, 5) is 17.1. The fourth-order valence-electron chi connectivity index (χ4n) is 2.46. The van der Waals surface area contributed by atoms with E-state index < -0.39 is 5.97 Å². The van der Waals surface area contributed by atoms with E-state index in [2.05, 4.69) is 10.6 Å². The van der Waals surface area contributed by atoms with E-state index in [-0.39, 0.29) is 5.82 Å². The third-order valence-corrected chi connectivity index (χ3v) is 3.97. The number of aromatic nitrogens is 1. The number of rotatable bonds is 9. The Hall–Kier alpha value is -3.65. The largest absolute Gasteiger partial charge is 0.465 e. The molecule has 8 heteroatoms. The van der Waals surface area contributed by atoms with Gasteiger partial charge in [-0.2, -0.15) is 0 Å². The first-order valence-corrected chi connectivity index (χ1v) is 9.26. The first-order chi connectivity index (χ1) is 14.6. The Kier molecular flexibility index (Phi) is 7.18. The van der Waals surface area contributed by atoms with Crippen molar-refractivity contribution in [3.63, 3.8) is 0 Å². The monoisotopic (exact) mass is 412 g/mol. The molecule has 0 spiro atoms. The molecular formula is C22H21FN2O5. The van der Waals surface area contributed by atoms with Gasteiger partial charge in [0, 0.05) is 11.6 Å². The molecule has 0 unspecified atom stereocenters. The van der Waals surface area contributed by atoms with Crippen molar-refractivity contribution in [2.24, 2.45) is 0 Å². The summed E-state index contributed by atoms with van der Waals surface area (Å²) in [7, 11) is 1.31.